The van der Waals surface area contributed by atoms with Crippen molar-refractivity contribution in [3.8, 4) is 0 Å². The van der Waals surface area contributed by atoms with E-state index >= 15 is 0 Å². The molecule has 1 aromatic rings. The van der Waals surface area contributed by atoms with E-state index in [4.69, 9.17) is 0 Å². The van der Waals surface area contributed by atoms with Crippen LogP contribution in [0.5, 0.6) is 0 Å². The highest BCUT2D eigenvalue weighted by Crippen LogP contribution is 2.22. The number of piperidine rings is 1. The van der Waals surface area contributed by atoms with Crippen molar-refractivity contribution in [3.05, 3.63) is 22.6 Å². The third-order valence-corrected chi connectivity index (χ3v) is 6.07. The van der Waals surface area contributed by atoms with E-state index in [1.165, 1.54) is 36.8 Å². The van der Waals surface area contributed by atoms with Crippen molar-refractivity contribution in [2.45, 2.75) is 51.0 Å². The van der Waals surface area contributed by atoms with Gasteiger partial charge in [-0.2, -0.15) is 5.10 Å². The van der Waals surface area contributed by atoms with Crippen molar-refractivity contribution < 1.29 is 4.79 Å². The van der Waals surface area contributed by atoms with Gasteiger partial charge < -0.3 is 15.1 Å². The number of carbonyl (C=O) groups excluding carboxylic acids is 1. The number of carbonyl (C=O) groups is 1. The Morgan fingerprint density at radius 3 is 2.78 bits per heavy atom. The van der Waals surface area contributed by atoms with Crippen LogP contribution < -0.4 is 15.8 Å². The molecule has 1 saturated heterocycles. The number of anilines is 1. The second-order valence-electron chi connectivity index (χ2n) is 8.02. The summed E-state index contributed by atoms with van der Waals surface area (Å²) >= 11 is 0. The molecule has 2 heterocycles. The molecule has 27 heavy (non-hydrogen) atoms. The van der Waals surface area contributed by atoms with Gasteiger partial charge in [0.1, 0.15) is 0 Å². The average molecular weight is 376 g/mol. The molecule has 1 aromatic heterocycles. The van der Waals surface area contributed by atoms with Crippen LogP contribution >= 0.6 is 0 Å². The monoisotopic (exact) mass is 375 g/mol. The summed E-state index contributed by atoms with van der Waals surface area (Å²) in [7, 11) is 3.82. The van der Waals surface area contributed by atoms with Gasteiger partial charge in [0, 0.05) is 45.3 Å². The first-order valence-corrected chi connectivity index (χ1v) is 10.3. The molecule has 1 amide bonds. The van der Waals surface area contributed by atoms with E-state index in [1.807, 2.05) is 0 Å². The van der Waals surface area contributed by atoms with Gasteiger partial charge in [0.2, 0.25) is 5.91 Å². The molecule has 0 radical (unpaired) electrons. The van der Waals surface area contributed by atoms with Crippen molar-refractivity contribution >= 4 is 11.6 Å². The maximum Gasteiger partial charge on any atom is 0.268 e. The molecule has 0 bridgehead atoms. The number of amides is 1. The zero-order chi connectivity index (χ0) is 19.2. The van der Waals surface area contributed by atoms with Gasteiger partial charge in [0.15, 0.2) is 0 Å². The zero-order valence-corrected chi connectivity index (χ0v) is 16.7. The van der Waals surface area contributed by atoms with Gasteiger partial charge >= 0.3 is 0 Å². The first-order valence-electron chi connectivity index (χ1n) is 10.3. The molecule has 1 aliphatic carbocycles. The molecule has 0 spiro atoms. The summed E-state index contributed by atoms with van der Waals surface area (Å²) in [6.45, 7) is 3.13. The molecule has 1 aliphatic heterocycles. The van der Waals surface area contributed by atoms with Crippen molar-refractivity contribution in [1.29, 1.82) is 0 Å². The minimum atomic E-state index is -0.121. The van der Waals surface area contributed by atoms with Crippen LogP contribution in [-0.2, 0) is 11.8 Å². The van der Waals surface area contributed by atoms with Gasteiger partial charge in [0.05, 0.1) is 17.8 Å². The van der Waals surface area contributed by atoms with Gasteiger partial charge in [-0.25, -0.2) is 4.68 Å². The number of likely N-dealkylation sites (N-methyl/N-ethyl adjacent to an activating group) is 1. The first-order chi connectivity index (χ1) is 13.0. The summed E-state index contributed by atoms with van der Waals surface area (Å²) in [4.78, 5) is 28.9. The van der Waals surface area contributed by atoms with E-state index in [9.17, 15) is 9.59 Å². The first kappa shape index (κ1) is 19.9. The lowest BCUT2D eigenvalue weighted by atomic mass is 9.94. The second kappa shape index (κ2) is 9.35. The Morgan fingerprint density at radius 1 is 1.26 bits per heavy atom. The van der Waals surface area contributed by atoms with E-state index < -0.39 is 0 Å². The summed E-state index contributed by atoms with van der Waals surface area (Å²) < 4.78 is 1.32. The van der Waals surface area contributed by atoms with Crippen molar-refractivity contribution in [2.24, 2.45) is 13.0 Å². The minimum absolute atomic E-state index is 0.0252. The fraction of sp³-hybridized carbons (Fsp3) is 0.750. The lowest BCUT2D eigenvalue weighted by molar-refractivity contribution is -0.125. The van der Waals surface area contributed by atoms with Crippen LogP contribution in [0.15, 0.2) is 17.1 Å². The maximum absolute atomic E-state index is 12.6. The summed E-state index contributed by atoms with van der Waals surface area (Å²) in [5.41, 5.74) is 0.692. The summed E-state index contributed by atoms with van der Waals surface area (Å²) in [6.07, 6.45) is 10.2. The molecular formula is C20H33N5O2. The van der Waals surface area contributed by atoms with E-state index in [0.717, 1.165) is 31.6 Å². The second-order valence-corrected chi connectivity index (χ2v) is 8.02. The molecule has 1 unspecified atom stereocenters. The average Bonchev–Trinajstić information content (AvgIpc) is 2.70. The molecule has 2 fully saturated rings. The predicted octanol–water partition coefficient (Wildman–Crippen LogP) is 1.38. The van der Waals surface area contributed by atoms with Crippen LogP contribution in [0.2, 0.25) is 0 Å². The van der Waals surface area contributed by atoms with Gasteiger partial charge in [-0.05, 0) is 32.7 Å². The van der Waals surface area contributed by atoms with Crippen LogP contribution in [0.4, 0.5) is 5.69 Å². The fourth-order valence-electron chi connectivity index (χ4n) is 4.26. The number of aryl methyl sites for hydroxylation is 1. The van der Waals surface area contributed by atoms with Gasteiger partial charge in [0.25, 0.3) is 5.56 Å². The number of nitrogens with one attached hydrogen (secondary N) is 1. The summed E-state index contributed by atoms with van der Waals surface area (Å²) in [5, 5.41) is 7.22. The van der Waals surface area contributed by atoms with Gasteiger partial charge in [-0.3, -0.25) is 9.59 Å². The Morgan fingerprint density at radius 2 is 2.04 bits per heavy atom. The topological polar surface area (TPSA) is 70.5 Å². The molecule has 3 rings (SSSR count). The number of hydrogen-bond donors (Lipinski definition) is 1. The molecule has 1 N–H and O–H groups in total. The molecule has 7 nitrogen and oxygen atoms in total. The quantitative estimate of drug-likeness (QED) is 0.813. The number of hydrogen-bond acceptors (Lipinski definition) is 5. The van der Waals surface area contributed by atoms with Crippen LogP contribution in [0, 0.1) is 5.92 Å². The normalized spacial score (nSPS) is 21.4. The van der Waals surface area contributed by atoms with Crippen LogP contribution in [0.3, 0.4) is 0 Å². The van der Waals surface area contributed by atoms with Crippen molar-refractivity contribution in [3.63, 3.8) is 0 Å². The number of aromatic nitrogens is 2. The third-order valence-electron chi connectivity index (χ3n) is 6.07. The zero-order valence-electron chi connectivity index (χ0n) is 16.7. The Bertz CT molecular complexity index is 683. The van der Waals surface area contributed by atoms with Crippen molar-refractivity contribution in [2.75, 3.05) is 38.1 Å². The largest absolute Gasteiger partial charge is 0.369 e. The Labute approximate surface area is 161 Å². The molecule has 1 saturated carbocycles. The standard InChI is InChI=1S/C20H33N5O2/c1-23(17-8-4-3-5-9-17)12-10-21-20(27)16-7-6-11-25(15-16)18-13-19(26)24(2)22-14-18/h13-14,16-17H,3-12,15H2,1-2H3,(H,21,27). The molecular weight excluding hydrogens is 342 g/mol. The molecule has 1 atom stereocenters. The highest BCUT2D eigenvalue weighted by Gasteiger charge is 2.26. The molecule has 7 heteroatoms. The third kappa shape index (κ3) is 5.31. The van der Waals surface area contributed by atoms with E-state index in [0.29, 0.717) is 19.1 Å². The maximum atomic E-state index is 12.6. The van der Waals surface area contributed by atoms with Gasteiger partial charge in [-0.1, -0.05) is 19.3 Å². The lowest BCUT2D eigenvalue weighted by Gasteiger charge is -2.34. The minimum Gasteiger partial charge on any atom is -0.369 e. The molecule has 150 valence electrons. The number of nitrogens with zero attached hydrogens (tertiary/aromatic N) is 4. The van der Waals surface area contributed by atoms with Crippen LogP contribution in [0.1, 0.15) is 44.9 Å². The predicted molar refractivity (Wildman–Crippen MR) is 107 cm³/mol. The Balaban J connectivity index is 1.46. The Hall–Kier alpha value is -1.89. The van der Waals surface area contributed by atoms with Crippen molar-refractivity contribution in [1.82, 2.24) is 20.0 Å². The fourth-order valence-corrected chi connectivity index (χ4v) is 4.26. The van der Waals surface area contributed by atoms with Crippen LogP contribution in [-0.4, -0.2) is 59.9 Å². The summed E-state index contributed by atoms with van der Waals surface area (Å²) in [5.74, 6) is 0.108. The van der Waals surface area contributed by atoms with E-state index in [1.54, 1.807) is 19.3 Å². The highest BCUT2D eigenvalue weighted by molar-refractivity contribution is 5.79. The SMILES string of the molecule is CN(CCNC(=O)C1CCCN(c2cnn(C)c(=O)c2)C1)C1CCCCC1. The van der Waals surface area contributed by atoms with Gasteiger partial charge in [-0.15, -0.1) is 0 Å². The molecule has 0 aromatic carbocycles. The van der Waals surface area contributed by atoms with Crippen LogP contribution in [0.25, 0.3) is 0 Å². The lowest BCUT2D eigenvalue weighted by Crippen LogP contribution is -2.45. The van der Waals surface area contributed by atoms with E-state index in [-0.39, 0.29) is 17.4 Å². The number of rotatable bonds is 6. The summed E-state index contributed by atoms with van der Waals surface area (Å²) in [6, 6.07) is 2.28. The highest BCUT2D eigenvalue weighted by atomic mass is 16.2. The van der Waals surface area contributed by atoms with E-state index in [2.05, 4.69) is 27.3 Å². The smallest absolute Gasteiger partial charge is 0.268 e. The Kier molecular flexibility index (Phi) is 6.88. The molecule has 2 aliphatic rings.